The fraction of sp³-hybridized carbons (Fsp3) is 0.167. The molecule has 1 N–H and O–H groups in total. The molecule has 0 spiro atoms. The molecule has 0 aliphatic rings. The Labute approximate surface area is 321 Å². The fourth-order valence-electron chi connectivity index (χ4n) is 6.16. The van der Waals surface area contributed by atoms with E-state index in [0.29, 0.717) is 42.3 Å². The number of ketones is 1. The highest BCUT2D eigenvalue weighted by atomic mass is 35.5. The largest absolute Gasteiger partial charge is 0.464 e. The molecule has 0 saturated carbocycles. The molecule has 0 heterocycles. The predicted molar refractivity (Wildman–Crippen MR) is 211 cm³/mol. The number of carbonyl (C=O) groups is 3. The molecule has 1 atom stereocenters. The number of aliphatic hydroxyl groups excluding tert-OH is 1. The second-order valence-electron chi connectivity index (χ2n) is 11.9. The number of carbonyl (C=O) groups excluding carboxylic acids is 3. The zero-order valence-electron chi connectivity index (χ0n) is 28.7. The van der Waals surface area contributed by atoms with Crippen molar-refractivity contribution in [2.75, 3.05) is 13.2 Å². The van der Waals surface area contributed by atoms with Gasteiger partial charge in [-0.15, -0.1) is 0 Å². The van der Waals surface area contributed by atoms with Crippen LogP contribution in [-0.2, 0) is 19.1 Å². The van der Waals surface area contributed by atoms with Crippen LogP contribution in [0.25, 0.3) is 43.8 Å². The number of esters is 2. The van der Waals surface area contributed by atoms with Crippen LogP contribution in [0.3, 0.4) is 0 Å². The molecule has 0 bridgehead atoms. The molecule has 0 amide bonds. The lowest BCUT2D eigenvalue weighted by Gasteiger charge is -2.20. The lowest BCUT2D eigenvalue weighted by molar-refractivity contribution is -0.153. The van der Waals surface area contributed by atoms with E-state index < -0.39 is 23.8 Å². The molecule has 52 heavy (non-hydrogen) atoms. The Hall–Kier alpha value is -4.43. The first-order chi connectivity index (χ1) is 24.8. The number of aliphatic hydroxyl groups is 1. The lowest BCUT2D eigenvalue weighted by atomic mass is 9.87. The van der Waals surface area contributed by atoms with Gasteiger partial charge < -0.3 is 14.6 Å². The summed E-state index contributed by atoms with van der Waals surface area (Å²) in [5.41, 5.74) is 5.34. The monoisotopic (exact) mass is 774 g/mol. The van der Waals surface area contributed by atoms with E-state index in [2.05, 4.69) is 0 Å². The van der Waals surface area contributed by atoms with Crippen LogP contribution >= 0.6 is 46.4 Å². The molecule has 6 aromatic rings. The standard InChI is InChI=1S/C21H18Cl2O3.C21H16Cl2O3/c2*1-3-26-21(25)20(24)18-12(2)10-14-6-9-16(23)11-17(14)19(18)13-4-7-15(22)8-5-13/h4-11,20,24H,3H2,1-2H3;4-11H,3H2,1-2H3. The molecule has 0 fully saturated rings. The SMILES string of the molecule is CCOC(=O)C(=O)c1c(C)cc2ccc(Cl)cc2c1-c1ccc(Cl)cc1.CCOC(=O)C(O)c1c(C)cc2ccc(Cl)cc2c1-c1ccc(Cl)cc1. The molecule has 6 aromatic carbocycles. The molecule has 266 valence electrons. The molecule has 0 aliphatic heterocycles. The molecular formula is C42H34Cl4O6. The van der Waals surface area contributed by atoms with E-state index in [-0.39, 0.29) is 13.2 Å². The number of ether oxygens (including phenoxy) is 2. The van der Waals surface area contributed by atoms with E-state index in [0.717, 1.165) is 43.8 Å². The minimum Gasteiger partial charge on any atom is -0.464 e. The average molecular weight is 777 g/mol. The third-order valence-corrected chi connectivity index (χ3v) is 9.36. The summed E-state index contributed by atoms with van der Waals surface area (Å²) in [6, 6.07) is 29.3. The maximum absolute atomic E-state index is 12.8. The summed E-state index contributed by atoms with van der Waals surface area (Å²) in [7, 11) is 0. The highest BCUT2D eigenvalue weighted by Gasteiger charge is 2.27. The Balaban J connectivity index is 0.000000201. The third-order valence-electron chi connectivity index (χ3n) is 8.39. The van der Waals surface area contributed by atoms with Gasteiger partial charge in [-0.05, 0) is 126 Å². The first-order valence-electron chi connectivity index (χ1n) is 16.4. The maximum atomic E-state index is 12.8. The van der Waals surface area contributed by atoms with Gasteiger partial charge in [0.2, 0.25) is 0 Å². The first kappa shape index (κ1) is 38.8. The number of rotatable bonds is 8. The van der Waals surface area contributed by atoms with Crippen molar-refractivity contribution in [2.45, 2.75) is 33.8 Å². The minimum absolute atomic E-state index is 0.138. The zero-order valence-corrected chi connectivity index (χ0v) is 31.8. The highest BCUT2D eigenvalue weighted by molar-refractivity contribution is 6.43. The number of halogens is 4. The van der Waals surface area contributed by atoms with Crippen molar-refractivity contribution in [3.8, 4) is 22.3 Å². The van der Waals surface area contributed by atoms with E-state index in [4.69, 9.17) is 55.9 Å². The summed E-state index contributed by atoms with van der Waals surface area (Å²) < 4.78 is 9.95. The van der Waals surface area contributed by atoms with Gasteiger partial charge in [-0.3, -0.25) is 4.79 Å². The predicted octanol–water partition coefficient (Wildman–Crippen LogP) is 11.6. The zero-order chi connectivity index (χ0) is 37.7. The van der Waals surface area contributed by atoms with Crippen LogP contribution in [0.15, 0.2) is 97.1 Å². The van der Waals surface area contributed by atoms with Gasteiger partial charge in [-0.25, -0.2) is 9.59 Å². The molecule has 6 rings (SSSR count). The second kappa shape index (κ2) is 16.9. The quantitative estimate of drug-likeness (QED) is 0.0940. The average Bonchev–Trinajstić information content (AvgIpc) is 3.12. The number of fused-ring (bicyclic) bond motifs is 2. The summed E-state index contributed by atoms with van der Waals surface area (Å²) >= 11 is 24.4. The normalized spacial score (nSPS) is 11.5. The Bertz CT molecular complexity index is 2300. The van der Waals surface area contributed by atoms with Crippen molar-refractivity contribution in [1.82, 2.24) is 0 Å². The van der Waals surface area contributed by atoms with Crippen LogP contribution in [0.5, 0.6) is 0 Å². The number of hydrogen-bond donors (Lipinski definition) is 1. The lowest BCUT2D eigenvalue weighted by Crippen LogP contribution is -2.19. The van der Waals surface area contributed by atoms with Crippen LogP contribution in [-0.4, -0.2) is 36.0 Å². The van der Waals surface area contributed by atoms with Crippen LogP contribution in [0.1, 0.15) is 47.0 Å². The van der Waals surface area contributed by atoms with E-state index in [1.165, 1.54) is 0 Å². The summed E-state index contributed by atoms with van der Waals surface area (Å²) in [5.74, 6) is -2.21. The van der Waals surface area contributed by atoms with Crippen molar-refractivity contribution in [3.05, 3.63) is 139 Å². The summed E-state index contributed by atoms with van der Waals surface area (Å²) in [4.78, 5) is 37.1. The van der Waals surface area contributed by atoms with Crippen LogP contribution in [0.2, 0.25) is 20.1 Å². The van der Waals surface area contributed by atoms with Gasteiger partial charge in [0.05, 0.1) is 13.2 Å². The molecule has 6 nitrogen and oxygen atoms in total. The molecule has 0 aromatic heterocycles. The maximum Gasteiger partial charge on any atom is 0.379 e. The summed E-state index contributed by atoms with van der Waals surface area (Å²) in [5, 5.41) is 16.5. The Kier molecular flexibility index (Phi) is 12.6. The highest BCUT2D eigenvalue weighted by Crippen LogP contribution is 2.40. The molecule has 10 heteroatoms. The Morgan fingerprint density at radius 3 is 1.54 bits per heavy atom. The molecule has 1 unspecified atom stereocenters. The van der Waals surface area contributed by atoms with Gasteiger partial charge in [-0.1, -0.05) is 94.9 Å². The van der Waals surface area contributed by atoms with Crippen molar-refractivity contribution in [2.24, 2.45) is 0 Å². The van der Waals surface area contributed by atoms with Gasteiger partial charge in [-0.2, -0.15) is 0 Å². The Morgan fingerprint density at radius 1 is 0.596 bits per heavy atom. The van der Waals surface area contributed by atoms with Crippen molar-refractivity contribution in [1.29, 1.82) is 0 Å². The van der Waals surface area contributed by atoms with Crippen LogP contribution in [0, 0.1) is 13.8 Å². The number of Topliss-reactive ketones (excluding diaryl/α,β-unsaturated/α-hetero) is 1. The first-order valence-corrected chi connectivity index (χ1v) is 17.9. The molecule has 0 radical (unpaired) electrons. The molecule has 0 aliphatic carbocycles. The number of hydrogen-bond acceptors (Lipinski definition) is 6. The van der Waals surface area contributed by atoms with Crippen molar-refractivity contribution in [3.63, 3.8) is 0 Å². The van der Waals surface area contributed by atoms with E-state index in [1.807, 2.05) is 67.6 Å². The van der Waals surface area contributed by atoms with Gasteiger partial charge in [0, 0.05) is 36.8 Å². The van der Waals surface area contributed by atoms with Gasteiger partial charge in [0.25, 0.3) is 5.78 Å². The number of benzene rings is 6. The van der Waals surface area contributed by atoms with Crippen molar-refractivity contribution < 1.29 is 29.0 Å². The molecule has 0 saturated heterocycles. The van der Waals surface area contributed by atoms with Gasteiger partial charge in [0.15, 0.2) is 6.10 Å². The number of aryl methyl sites for hydroxylation is 2. The molecular weight excluding hydrogens is 742 g/mol. The smallest absolute Gasteiger partial charge is 0.379 e. The van der Waals surface area contributed by atoms with Crippen LogP contribution in [0.4, 0.5) is 0 Å². The second-order valence-corrected chi connectivity index (χ2v) is 13.6. The van der Waals surface area contributed by atoms with Crippen molar-refractivity contribution >= 4 is 85.7 Å². The summed E-state index contributed by atoms with van der Waals surface area (Å²) in [6.45, 7) is 7.38. The minimum atomic E-state index is -1.39. The van der Waals surface area contributed by atoms with Gasteiger partial charge in [0.1, 0.15) is 0 Å². The van der Waals surface area contributed by atoms with E-state index >= 15 is 0 Å². The Morgan fingerprint density at radius 2 is 1.04 bits per heavy atom. The fourth-order valence-corrected chi connectivity index (χ4v) is 6.76. The third kappa shape index (κ3) is 8.44. The summed E-state index contributed by atoms with van der Waals surface area (Å²) in [6.07, 6.45) is -1.39. The van der Waals surface area contributed by atoms with E-state index in [9.17, 15) is 19.5 Å². The van der Waals surface area contributed by atoms with Gasteiger partial charge >= 0.3 is 11.9 Å². The van der Waals surface area contributed by atoms with Crippen LogP contribution < -0.4 is 0 Å². The topological polar surface area (TPSA) is 89.9 Å². The van der Waals surface area contributed by atoms with E-state index in [1.54, 1.807) is 57.2 Å².